The number of benzene rings is 1. The van der Waals surface area contributed by atoms with Crippen LogP contribution in [0.2, 0.25) is 5.02 Å². The van der Waals surface area contributed by atoms with Gasteiger partial charge in [0.2, 0.25) is 0 Å². The Morgan fingerprint density at radius 2 is 1.71 bits per heavy atom. The van der Waals surface area contributed by atoms with Crippen molar-refractivity contribution in [3.8, 4) is 0 Å². The maximum atomic E-state index is 6.15. The van der Waals surface area contributed by atoms with Crippen LogP contribution in [-0.4, -0.2) is 27.2 Å². The monoisotopic (exact) mass is 211 g/mol. The van der Waals surface area contributed by atoms with Gasteiger partial charge < -0.3 is 15.5 Å². The average Bonchev–Trinajstić information content (AvgIpc) is 2.16. The molecule has 1 aromatic rings. The number of rotatable bonds is 1. The molecule has 0 aromatic heterocycles. The van der Waals surface area contributed by atoms with Crippen LogP contribution in [0.3, 0.4) is 0 Å². The lowest BCUT2D eigenvalue weighted by atomic mass is 10.2. The Labute approximate surface area is 89.0 Å². The van der Waals surface area contributed by atoms with E-state index in [-0.39, 0.29) is 0 Å². The summed E-state index contributed by atoms with van der Waals surface area (Å²) in [5.41, 5.74) is 3.26. The summed E-state index contributed by atoms with van der Waals surface area (Å²) in [6.45, 7) is 1.91. The second-order valence-corrected chi connectivity index (χ2v) is 4.00. The molecular formula is C10H14ClN3. The van der Waals surface area contributed by atoms with Crippen molar-refractivity contribution in [2.24, 2.45) is 0 Å². The van der Waals surface area contributed by atoms with E-state index in [0.29, 0.717) is 0 Å². The van der Waals surface area contributed by atoms with Crippen LogP contribution >= 0.6 is 11.6 Å². The molecule has 0 atom stereocenters. The van der Waals surface area contributed by atoms with Gasteiger partial charge in [0.05, 0.1) is 22.1 Å². The van der Waals surface area contributed by atoms with Crippen LogP contribution in [0.5, 0.6) is 0 Å². The van der Waals surface area contributed by atoms with Gasteiger partial charge in [-0.2, -0.15) is 0 Å². The van der Waals surface area contributed by atoms with Gasteiger partial charge in [-0.1, -0.05) is 11.6 Å². The van der Waals surface area contributed by atoms with Crippen LogP contribution < -0.4 is 15.5 Å². The zero-order chi connectivity index (χ0) is 10.1. The number of hydrogen-bond acceptors (Lipinski definition) is 3. The lowest BCUT2D eigenvalue weighted by molar-refractivity contribution is 1.04. The van der Waals surface area contributed by atoms with Gasteiger partial charge in [-0.15, -0.1) is 0 Å². The maximum absolute atomic E-state index is 6.15. The van der Waals surface area contributed by atoms with E-state index < -0.39 is 0 Å². The molecule has 2 N–H and O–H groups in total. The summed E-state index contributed by atoms with van der Waals surface area (Å²) in [7, 11) is 3.98. The van der Waals surface area contributed by atoms with Gasteiger partial charge >= 0.3 is 0 Å². The third kappa shape index (κ3) is 1.60. The Morgan fingerprint density at radius 3 is 2.29 bits per heavy atom. The molecule has 0 aliphatic carbocycles. The molecule has 0 saturated carbocycles. The average molecular weight is 212 g/mol. The minimum atomic E-state index is 0.782. The predicted octanol–water partition coefficient (Wildman–Crippen LogP) is 2.24. The molecular weight excluding hydrogens is 198 g/mol. The van der Waals surface area contributed by atoms with Crippen LogP contribution in [-0.2, 0) is 0 Å². The summed E-state index contributed by atoms with van der Waals surface area (Å²) in [4.78, 5) is 2.01. The predicted molar refractivity (Wildman–Crippen MR) is 62.8 cm³/mol. The number of fused-ring (bicyclic) bond motifs is 1. The van der Waals surface area contributed by atoms with Crippen molar-refractivity contribution in [1.82, 2.24) is 0 Å². The molecule has 14 heavy (non-hydrogen) atoms. The van der Waals surface area contributed by atoms with E-state index in [4.69, 9.17) is 11.6 Å². The minimum Gasteiger partial charge on any atom is -0.382 e. The molecule has 0 unspecified atom stereocenters. The number of hydrogen-bond donors (Lipinski definition) is 2. The molecule has 0 bridgehead atoms. The third-order valence-electron chi connectivity index (χ3n) is 2.32. The Morgan fingerprint density at radius 1 is 1.14 bits per heavy atom. The molecule has 2 rings (SSSR count). The third-order valence-corrected chi connectivity index (χ3v) is 2.63. The quantitative estimate of drug-likeness (QED) is 0.746. The standard InChI is InChI=1S/C10H14ClN3/c1-14(2)10-6-9-8(5-7(10)11)12-3-4-13-9/h5-6,12-13H,3-4H2,1-2H3. The lowest BCUT2D eigenvalue weighted by Crippen LogP contribution is -2.21. The Hall–Kier alpha value is -1.09. The van der Waals surface area contributed by atoms with Crippen molar-refractivity contribution in [2.75, 3.05) is 42.7 Å². The largest absolute Gasteiger partial charge is 0.382 e. The normalized spacial score (nSPS) is 13.9. The van der Waals surface area contributed by atoms with Gasteiger partial charge in [-0.05, 0) is 12.1 Å². The molecule has 1 aromatic carbocycles. The van der Waals surface area contributed by atoms with E-state index in [1.165, 1.54) is 0 Å². The highest BCUT2D eigenvalue weighted by Gasteiger charge is 2.12. The topological polar surface area (TPSA) is 27.3 Å². The van der Waals surface area contributed by atoms with Crippen molar-refractivity contribution in [3.63, 3.8) is 0 Å². The maximum Gasteiger partial charge on any atom is 0.0661 e. The van der Waals surface area contributed by atoms with E-state index in [1.807, 2.05) is 25.1 Å². The van der Waals surface area contributed by atoms with Crippen molar-refractivity contribution < 1.29 is 0 Å². The highest BCUT2D eigenvalue weighted by Crippen LogP contribution is 2.35. The SMILES string of the molecule is CN(C)c1cc2c(cc1Cl)NCCN2. The minimum absolute atomic E-state index is 0.782. The van der Waals surface area contributed by atoms with Gasteiger partial charge in [0, 0.05) is 27.2 Å². The highest BCUT2D eigenvalue weighted by molar-refractivity contribution is 6.33. The Balaban J connectivity index is 2.45. The second-order valence-electron chi connectivity index (χ2n) is 3.60. The van der Waals surface area contributed by atoms with Crippen LogP contribution in [0.25, 0.3) is 0 Å². The molecule has 0 amide bonds. The molecule has 0 radical (unpaired) electrons. The van der Waals surface area contributed by atoms with Crippen LogP contribution in [0.15, 0.2) is 12.1 Å². The first-order valence-electron chi connectivity index (χ1n) is 4.67. The smallest absolute Gasteiger partial charge is 0.0661 e. The summed E-state index contributed by atoms with van der Waals surface area (Å²) < 4.78 is 0. The summed E-state index contributed by atoms with van der Waals surface area (Å²) in [6, 6.07) is 4.04. The van der Waals surface area contributed by atoms with Crippen LogP contribution in [0.1, 0.15) is 0 Å². The summed E-state index contributed by atoms with van der Waals surface area (Å²) in [6.07, 6.45) is 0. The second kappa shape index (κ2) is 3.58. The van der Waals surface area contributed by atoms with Gasteiger partial charge in [-0.3, -0.25) is 0 Å². The zero-order valence-electron chi connectivity index (χ0n) is 8.39. The fraction of sp³-hybridized carbons (Fsp3) is 0.400. The van der Waals surface area contributed by atoms with Crippen molar-refractivity contribution in [2.45, 2.75) is 0 Å². The van der Waals surface area contributed by atoms with Crippen molar-refractivity contribution in [1.29, 1.82) is 0 Å². The molecule has 1 aliphatic heterocycles. The molecule has 0 saturated heterocycles. The molecule has 4 heteroatoms. The first-order valence-corrected chi connectivity index (χ1v) is 5.05. The van der Waals surface area contributed by atoms with E-state index in [2.05, 4.69) is 16.7 Å². The molecule has 3 nitrogen and oxygen atoms in total. The van der Waals surface area contributed by atoms with Gasteiger partial charge in [0.1, 0.15) is 0 Å². The van der Waals surface area contributed by atoms with Crippen LogP contribution in [0.4, 0.5) is 17.1 Å². The van der Waals surface area contributed by atoms with Gasteiger partial charge in [-0.25, -0.2) is 0 Å². The number of nitrogens with one attached hydrogen (secondary N) is 2. The molecule has 0 spiro atoms. The first-order chi connectivity index (χ1) is 6.68. The Kier molecular flexibility index (Phi) is 2.42. The van der Waals surface area contributed by atoms with E-state index in [9.17, 15) is 0 Å². The van der Waals surface area contributed by atoms with Crippen LogP contribution in [0, 0.1) is 0 Å². The van der Waals surface area contributed by atoms with E-state index in [1.54, 1.807) is 0 Å². The Bertz CT molecular complexity index is 349. The number of anilines is 3. The molecule has 76 valence electrons. The molecule has 1 aliphatic rings. The zero-order valence-corrected chi connectivity index (χ0v) is 9.15. The number of nitrogens with zero attached hydrogens (tertiary/aromatic N) is 1. The van der Waals surface area contributed by atoms with Gasteiger partial charge in [0.25, 0.3) is 0 Å². The lowest BCUT2D eigenvalue weighted by Gasteiger charge is -2.23. The molecule has 0 fully saturated rings. The highest BCUT2D eigenvalue weighted by atomic mass is 35.5. The summed E-state index contributed by atoms with van der Waals surface area (Å²) >= 11 is 6.15. The first kappa shape index (κ1) is 9.46. The fourth-order valence-electron chi connectivity index (χ4n) is 1.59. The van der Waals surface area contributed by atoms with Crippen molar-refractivity contribution >= 4 is 28.7 Å². The van der Waals surface area contributed by atoms with E-state index >= 15 is 0 Å². The van der Waals surface area contributed by atoms with Gasteiger partial charge in [0.15, 0.2) is 0 Å². The summed E-state index contributed by atoms with van der Waals surface area (Å²) in [5.74, 6) is 0. The fourth-order valence-corrected chi connectivity index (χ4v) is 1.92. The number of halogens is 1. The summed E-state index contributed by atoms with van der Waals surface area (Å²) in [5, 5.41) is 7.42. The van der Waals surface area contributed by atoms with Crippen molar-refractivity contribution in [3.05, 3.63) is 17.2 Å². The van der Waals surface area contributed by atoms with E-state index in [0.717, 1.165) is 35.2 Å². The molecule has 1 heterocycles.